The fourth-order valence-corrected chi connectivity index (χ4v) is 7.52. The molecule has 0 aliphatic heterocycles. The summed E-state index contributed by atoms with van der Waals surface area (Å²) >= 11 is 0. The molecule has 0 saturated carbocycles. The predicted octanol–water partition coefficient (Wildman–Crippen LogP) is 19.6. The van der Waals surface area contributed by atoms with Crippen LogP contribution in [0.5, 0.6) is 0 Å². The van der Waals surface area contributed by atoms with E-state index >= 15 is 0 Å². The lowest BCUT2D eigenvalue weighted by atomic mass is 10.0. The largest absolute Gasteiger partial charge is 0.463 e. The van der Waals surface area contributed by atoms with Crippen molar-refractivity contribution in [1.82, 2.24) is 0 Å². The molecule has 0 aliphatic carbocycles. The van der Waals surface area contributed by atoms with Crippen LogP contribution >= 0.6 is 0 Å². The minimum absolute atomic E-state index is 0.0964. The topological polar surface area (TPSA) is 61.8 Å². The minimum atomic E-state index is -0.458. The van der Waals surface area contributed by atoms with Crippen LogP contribution < -0.4 is 0 Å². The van der Waals surface area contributed by atoms with E-state index in [9.17, 15) is 9.59 Å². The Labute approximate surface area is 421 Å². The van der Waals surface area contributed by atoms with Crippen molar-refractivity contribution in [3.8, 4) is 0 Å². The van der Waals surface area contributed by atoms with Gasteiger partial charge in [-0.2, -0.15) is 0 Å². The molecule has 0 fully saturated rings. The van der Waals surface area contributed by atoms with E-state index in [1.807, 2.05) is 6.08 Å². The summed E-state index contributed by atoms with van der Waals surface area (Å²) in [5.41, 5.74) is 0. The van der Waals surface area contributed by atoms with Crippen LogP contribution in [0.25, 0.3) is 0 Å². The maximum Gasteiger partial charge on any atom is 0.306 e. The number of hydrogen-bond acceptors (Lipinski definition) is 5. The summed E-state index contributed by atoms with van der Waals surface area (Å²) in [5.74, 6) is -0.490. The highest BCUT2D eigenvalue weighted by Crippen LogP contribution is 2.14. The number of rotatable bonds is 51. The molecule has 388 valence electrons. The Bertz CT molecular complexity index is 1340. The van der Waals surface area contributed by atoms with Gasteiger partial charge in [0.15, 0.2) is 0 Å². The molecule has 0 bridgehead atoms. The van der Waals surface area contributed by atoms with Crippen molar-refractivity contribution in [2.24, 2.45) is 0 Å². The average Bonchev–Trinajstić information content (AvgIpc) is 3.34. The van der Waals surface area contributed by atoms with Crippen molar-refractivity contribution < 1.29 is 23.8 Å². The number of unbranched alkanes of at least 4 members (excludes halogenated alkanes) is 22. The van der Waals surface area contributed by atoms with E-state index in [0.717, 1.165) is 70.6 Å². The highest BCUT2D eigenvalue weighted by molar-refractivity contribution is 5.70. The van der Waals surface area contributed by atoms with Crippen molar-refractivity contribution >= 4 is 11.9 Å². The van der Waals surface area contributed by atoms with Crippen LogP contribution in [0.4, 0.5) is 0 Å². The third-order valence-corrected chi connectivity index (χ3v) is 11.8. The molecule has 68 heavy (non-hydrogen) atoms. The van der Waals surface area contributed by atoms with E-state index in [-0.39, 0.29) is 25.2 Å². The maximum atomic E-state index is 12.6. The van der Waals surface area contributed by atoms with Gasteiger partial charge in [0.05, 0.1) is 0 Å². The van der Waals surface area contributed by atoms with E-state index < -0.39 is 6.10 Å². The van der Waals surface area contributed by atoms with Gasteiger partial charge in [0.1, 0.15) is 19.3 Å². The van der Waals surface area contributed by atoms with E-state index in [0.29, 0.717) is 25.9 Å². The standard InChI is InChI=1S/C63H106O5/c1-4-7-10-13-16-19-22-25-28-31-32-34-36-39-42-45-48-51-54-57-63(65)68-60-61(66-58-55-52-49-46-43-40-37-30-27-24-21-18-15-12-9-6-3)59-67-62(64)56-53-50-47-44-41-38-35-33-29-26-23-20-17-14-11-8-5-2/h16-17,19-20,25-26,28-29,32,34-35,38-39,42,44,47-48,51,61H,4-15,18,21-24,27,30-31,33,36-37,40-41,43,45-46,49-50,52-60H2,1-3H3/b19-16-,20-17-,28-25-,29-26-,34-32-,38-35-,42-39-,47-44-,51-48-/t61-/m0/s1. The van der Waals surface area contributed by atoms with Crippen LogP contribution in [0.3, 0.4) is 0 Å². The van der Waals surface area contributed by atoms with Gasteiger partial charge in [0, 0.05) is 19.4 Å². The van der Waals surface area contributed by atoms with Crippen molar-refractivity contribution in [2.75, 3.05) is 19.8 Å². The Morgan fingerprint density at radius 2 is 0.588 bits per heavy atom. The molecule has 0 radical (unpaired) electrons. The molecule has 0 heterocycles. The fourth-order valence-electron chi connectivity index (χ4n) is 7.52. The number of carbonyl (C=O) groups is 2. The van der Waals surface area contributed by atoms with Gasteiger partial charge in [-0.15, -0.1) is 0 Å². The second-order valence-corrected chi connectivity index (χ2v) is 18.5. The van der Waals surface area contributed by atoms with Crippen LogP contribution in [0.15, 0.2) is 109 Å². The first-order valence-electron chi connectivity index (χ1n) is 28.4. The molecule has 5 heteroatoms. The zero-order valence-corrected chi connectivity index (χ0v) is 44.6. The smallest absolute Gasteiger partial charge is 0.306 e. The molecule has 0 aromatic carbocycles. The third kappa shape index (κ3) is 55.2. The van der Waals surface area contributed by atoms with E-state index in [1.165, 1.54) is 141 Å². The van der Waals surface area contributed by atoms with Gasteiger partial charge in [-0.25, -0.2) is 0 Å². The summed E-state index contributed by atoms with van der Waals surface area (Å²) in [6.07, 6.45) is 80.0. The van der Waals surface area contributed by atoms with Gasteiger partial charge in [0.2, 0.25) is 0 Å². The molecule has 0 unspecified atom stereocenters. The van der Waals surface area contributed by atoms with Gasteiger partial charge in [-0.3, -0.25) is 9.59 Å². The van der Waals surface area contributed by atoms with Gasteiger partial charge in [-0.1, -0.05) is 252 Å². The molecule has 0 rings (SSSR count). The predicted molar refractivity (Wildman–Crippen MR) is 297 cm³/mol. The molecule has 0 saturated heterocycles. The molecular formula is C63H106O5. The highest BCUT2D eigenvalue weighted by Gasteiger charge is 2.15. The van der Waals surface area contributed by atoms with Crippen LogP contribution in [-0.2, 0) is 23.8 Å². The Morgan fingerprint density at radius 1 is 0.309 bits per heavy atom. The Hall–Kier alpha value is -3.44. The van der Waals surface area contributed by atoms with Gasteiger partial charge in [-0.05, 0) is 96.3 Å². The molecule has 0 aliphatic rings. The summed E-state index contributed by atoms with van der Waals surface area (Å²) in [6, 6.07) is 0. The van der Waals surface area contributed by atoms with Crippen LogP contribution in [0, 0.1) is 0 Å². The normalized spacial score (nSPS) is 13.0. The molecular weight excluding hydrogens is 837 g/mol. The second kappa shape index (κ2) is 57.9. The van der Waals surface area contributed by atoms with Crippen LogP contribution in [0.1, 0.15) is 252 Å². The Balaban J connectivity index is 4.46. The lowest BCUT2D eigenvalue weighted by Gasteiger charge is -2.18. The van der Waals surface area contributed by atoms with Crippen molar-refractivity contribution in [1.29, 1.82) is 0 Å². The summed E-state index contributed by atoms with van der Waals surface area (Å²) in [4.78, 5) is 25.2. The molecule has 1 atom stereocenters. The SMILES string of the molecule is CCCCC/C=C\C/C=C\C/C=C\C/C=C\C/C=C\CCC(=O)OC[C@H](COC(=O)CCC/C=C\C/C=C\C/C=C\C/C=C\CCCCC)OCCCCCCCCCCCCCCCCCC. The molecule has 5 nitrogen and oxygen atoms in total. The first-order valence-corrected chi connectivity index (χ1v) is 28.4. The Morgan fingerprint density at radius 3 is 0.956 bits per heavy atom. The summed E-state index contributed by atoms with van der Waals surface area (Å²) in [5, 5.41) is 0. The monoisotopic (exact) mass is 943 g/mol. The summed E-state index contributed by atoms with van der Waals surface area (Å²) < 4.78 is 17.4. The van der Waals surface area contributed by atoms with Gasteiger partial charge < -0.3 is 14.2 Å². The van der Waals surface area contributed by atoms with Gasteiger partial charge >= 0.3 is 11.9 Å². The summed E-state index contributed by atoms with van der Waals surface area (Å²) in [7, 11) is 0. The third-order valence-electron chi connectivity index (χ3n) is 11.8. The Kier molecular flexibility index (Phi) is 54.9. The highest BCUT2D eigenvalue weighted by atomic mass is 16.6. The molecule has 0 N–H and O–H groups in total. The lowest BCUT2D eigenvalue weighted by Crippen LogP contribution is -2.29. The zero-order valence-electron chi connectivity index (χ0n) is 44.6. The van der Waals surface area contributed by atoms with Gasteiger partial charge in [0.25, 0.3) is 0 Å². The second-order valence-electron chi connectivity index (χ2n) is 18.5. The number of allylic oxidation sites excluding steroid dienone is 18. The maximum absolute atomic E-state index is 12.6. The minimum Gasteiger partial charge on any atom is -0.463 e. The van der Waals surface area contributed by atoms with Crippen molar-refractivity contribution in [3.63, 3.8) is 0 Å². The molecule has 0 aromatic rings. The van der Waals surface area contributed by atoms with E-state index in [2.05, 4.69) is 124 Å². The number of esters is 2. The molecule has 0 amide bonds. The average molecular weight is 944 g/mol. The quantitative estimate of drug-likeness (QED) is 0.0345. The zero-order chi connectivity index (χ0) is 49.2. The number of hydrogen-bond donors (Lipinski definition) is 0. The summed E-state index contributed by atoms with van der Waals surface area (Å²) in [6.45, 7) is 7.54. The first kappa shape index (κ1) is 64.6. The molecule has 0 aromatic heterocycles. The van der Waals surface area contributed by atoms with Crippen LogP contribution in [-0.4, -0.2) is 37.9 Å². The lowest BCUT2D eigenvalue weighted by molar-refractivity contribution is -0.155. The van der Waals surface area contributed by atoms with Crippen molar-refractivity contribution in [2.45, 2.75) is 258 Å². The van der Waals surface area contributed by atoms with E-state index in [1.54, 1.807) is 0 Å². The van der Waals surface area contributed by atoms with E-state index in [4.69, 9.17) is 14.2 Å². The fraction of sp³-hybridized carbons (Fsp3) is 0.683. The van der Waals surface area contributed by atoms with Crippen molar-refractivity contribution in [3.05, 3.63) is 109 Å². The molecule has 0 spiro atoms. The first-order chi connectivity index (χ1) is 33.6. The number of ether oxygens (including phenoxy) is 3. The number of carbonyl (C=O) groups excluding carboxylic acids is 2. The van der Waals surface area contributed by atoms with Crippen LogP contribution in [0.2, 0.25) is 0 Å².